The third-order valence-electron chi connectivity index (χ3n) is 7.02. The molecule has 2 aliphatic heterocycles. The lowest BCUT2D eigenvalue weighted by Gasteiger charge is -2.48. The molecule has 0 aliphatic carbocycles. The first kappa shape index (κ1) is 23.1. The van der Waals surface area contributed by atoms with Gasteiger partial charge in [-0.25, -0.2) is 4.39 Å². The van der Waals surface area contributed by atoms with Crippen molar-refractivity contribution in [1.29, 1.82) is 0 Å². The van der Waals surface area contributed by atoms with Crippen molar-refractivity contribution >= 4 is 0 Å². The van der Waals surface area contributed by atoms with E-state index in [0.717, 1.165) is 43.9 Å². The van der Waals surface area contributed by atoms with Crippen molar-refractivity contribution in [3.8, 4) is 11.5 Å². The minimum Gasteiger partial charge on any atom is -0.454 e. The average molecular weight is 442 g/mol. The Bertz CT molecular complexity index is 880. The second-order valence-corrected chi connectivity index (χ2v) is 10.0. The summed E-state index contributed by atoms with van der Waals surface area (Å²) in [5.74, 6) is 2.33. The minimum absolute atomic E-state index is 0.0301. The van der Waals surface area contributed by atoms with Gasteiger partial charge in [0.25, 0.3) is 0 Å². The highest BCUT2D eigenvalue weighted by Crippen LogP contribution is 2.45. The van der Waals surface area contributed by atoms with E-state index in [9.17, 15) is 4.39 Å². The molecule has 2 aromatic rings. The summed E-state index contributed by atoms with van der Waals surface area (Å²) in [5, 5.41) is 3.62. The number of hydrogen-bond donors (Lipinski definition) is 1. The van der Waals surface area contributed by atoms with Crippen molar-refractivity contribution in [1.82, 2.24) is 5.32 Å². The van der Waals surface area contributed by atoms with Crippen LogP contribution in [-0.2, 0) is 16.7 Å². The molecule has 174 valence electrons. The molecule has 0 amide bonds. The summed E-state index contributed by atoms with van der Waals surface area (Å²) < 4.78 is 31.1. The molecule has 2 heterocycles. The summed E-state index contributed by atoms with van der Waals surface area (Å²) in [4.78, 5) is 0. The van der Waals surface area contributed by atoms with Crippen LogP contribution >= 0.6 is 0 Å². The zero-order valence-electron chi connectivity index (χ0n) is 19.7. The number of benzene rings is 2. The van der Waals surface area contributed by atoms with Crippen molar-refractivity contribution in [3.63, 3.8) is 0 Å². The van der Waals surface area contributed by atoms with Crippen LogP contribution in [0, 0.1) is 17.7 Å². The van der Waals surface area contributed by atoms with Crippen LogP contribution in [0.1, 0.15) is 58.1 Å². The van der Waals surface area contributed by atoms with Gasteiger partial charge in [0.05, 0.1) is 12.2 Å². The fourth-order valence-electron chi connectivity index (χ4n) is 4.96. The molecule has 1 N–H and O–H groups in total. The van der Waals surface area contributed by atoms with Gasteiger partial charge in [0.1, 0.15) is 5.82 Å². The summed E-state index contributed by atoms with van der Waals surface area (Å²) in [6, 6.07) is 13.2. The van der Waals surface area contributed by atoms with Gasteiger partial charge in [-0.2, -0.15) is 0 Å². The Labute approximate surface area is 191 Å². The van der Waals surface area contributed by atoms with Gasteiger partial charge < -0.3 is 19.5 Å². The normalized spacial score (nSPS) is 25.0. The number of nitrogens with one attached hydrogen (secondary N) is 1. The predicted molar refractivity (Wildman–Crippen MR) is 125 cm³/mol. The zero-order chi connectivity index (χ0) is 22.7. The van der Waals surface area contributed by atoms with Crippen LogP contribution in [0.4, 0.5) is 4.39 Å². The second kappa shape index (κ2) is 9.80. The molecule has 0 radical (unpaired) electrons. The third kappa shape index (κ3) is 5.10. The van der Waals surface area contributed by atoms with Crippen molar-refractivity contribution in [3.05, 3.63) is 59.4 Å². The molecule has 1 saturated heterocycles. The highest BCUT2D eigenvalue weighted by molar-refractivity contribution is 5.44. The van der Waals surface area contributed by atoms with Crippen LogP contribution in [-0.4, -0.2) is 25.5 Å². The molecular formula is C27H36FNO3. The lowest BCUT2D eigenvalue weighted by Crippen LogP contribution is -2.48. The maximum atomic E-state index is 13.7. The molecule has 4 rings (SSSR count). The monoisotopic (exact) mass is 441 g/mol. The van der Waals surface area contributed by atoms with Crippen molar-refractivity contribution in [2.24, 2.45) is 11.8 Å². The van der Waals surface area contributed by atoms with E-state index >= 15 is 0 Å². The van der Waals surface area contributed by atoms with Crippen LogP contribution in [0.3, 0.4) is 0 Å². The molecule has 4 nitrogen and oxygen atoms in total. The van der Waals surface area contributed by atoms with E-state index in [0.29, 0.717) is 18.6 Å². The number of fused-ring (bicyclic) bond motifs is 1. The molecular weight excluding hydrogens is 405 g/mol. The third-order valence-corrected chi connectivity index (χ3v) is 7.02. The first-order valence-corrected chi connectivity index (χ1v) is 11.9. The Hall–Kier alpha value is -2.11. The van der Waals surface area contributed by atoms with E-state index in [4.69, 9.17) is 14.2 Å². The van der Waals surface area contributed by atoms with E-state index in [1.54, 1.807) is 12.1 Å². The van der Waals surface area contributed by atoms with Crippen LogP contribution in [0.15, 0.2) is 42.5 Å². The summed E-state index contributed by atoms with van der Waals surface area (Å²) in [7, 11) is 0. The molecule has 32 heavy (non-hydrogen) atoms. The topological polar surface area (TPSA) is 39.7 Å². The van der Waals surface area contributed by atoms with E-state index in [1.165, 1.54) is 11.1 Å². The molecule has 0 saturated carbocycles. The molecule has 0 aromatic heterocycles. The van der Waals surface area contributed by atoms with E-state index in [1.807, 2.05) is 24.3 Å². The van der Waals surface area contributed by atoms with Crippen LogP contribution in [0.2, 0.25) is 0 Å². The first-order valence-electron chi connectivity index (χ1n) is 11.9. The number of ether oxygens (including phenoxy) is 3. The quantitative estimate of drug-likeness (QED) is 0.523. The Morgan fingerprint density at radius 3 is 2.25 bits per heavy atom. The number of hydrogen-bond acceptors (Lipinski definition) is 4. The van der Waals surface area contributed by atoms with Gasteiger partial charge in [-0.3, -0.25) is 0 Å². The molecule has 2 aliphatic rings. The highest BCUT2D eigenvalue weighted by Gasteiger charge is 2.43. The lowest BCUT2D eigenvalue weighted by molar-refractivity contribution is -0.118. The summed E-state index contributed by atoms with van der Waals surface area (Å²) in [6.45, 7) is 10.9. The van der Waals surface area contributed by atoms with E-state index in [2.05, 4.69) is 39.1 Å². The molecule has 0 spiro atoms. The van der Waals surface area contributed by atoms with E-state index in [-0.39, 0.29) is 23.4 Å². The Morgan fingerprint density at radius 2 is 1.59 bits per heavy atom. The van der Waals surface area contributed by atoms with Gasteiger partial charge in [0.15, 0.2) is 11.5 Å². The average Bonchev–Trinajstić information content (AvgIpc) is 3.25. The smallest absolute Gasteiger partial charge is 0.231 e. The Kier molecular flexibility index (Phi) is 7.06. The fourth-order valence-corrected chi connectivity index (χ4v) is 4.96. The van der Waals surface area contributed by atoms with Crippen LogP contribution < -0.4 is 14.8 Å². The van der Waals surface area contributed by atoms with Gasteiger partial charge in [-0.15, -0.1) is 0 Å². The maximum absolute atomic E-state index is 13.7. The van der Waals surface area contributed by atoms with Gasteiger partial charge in [0, 0.05) is 12.0 Å². The van der Waals surface area contributed by atoms with Crippen molar-refractivity contribution < 1.29 is 18.6 Å². The van der Waals surface area contributed by atoms with Crippen LogP contribution in [0.5, 0.6) is 11.5 Å². The molecule has 2 unspecified atom stereocenters. The van der Waals surface area contributed by atoms with Gasteiger partial charge in [0.2, 0.25) is 6.79 Å². The summed E-state index contributed by atoms with van der Waals surface area (Å²) in [6.07, 6.45) is 3.32. The van der Waals surface area contributed by atoms with Gasteiger partial charge >= 0.3 is 0 Å². The predicted octanol–water partition coefficient (Wildman–Crippen LogP) is 5.83. The van der Waals surface area contributed by atoms with E-state index < -0.39 is 0 Å². The maximum Gasteiger partial charge on any atom is 0.231 e. The van der Waals surface area contributed by atoms with Gasteiger partial charge in [-0.1, -0.05) is 45.9 Å². The Morgan fingerprint density at radius 1 is 0.938 bits per heavy atom. The summed E-state index contributed by atoms with van der Waals surface area (Å²) >= 11 is 0. The van der Waals surface area contributed by atoms with Gasteiger partial charge in [-0.05, 0) is 73.0 Å². The molecule has 1 fully saturated rings. The minimum atomic E-state index is -0.183. The Balaban J connectivity index is 1.49. The molecule has 5 heteroatoms. The second-order valence-electron chi connectivity index (χ2n) is 10.0. The zero-order valence-corrected chi connectivity index (χ0v) is 19.7. The molecule has 2 atom stereocenters. The SMILES string of the molecule is CC(C)C1CC(CCNCc2ccc3c(c2)OCO3)(c2ccc(F)cc2)CC(C(C)C)O1. The standard InChI is InChI=1S/C27H36FNO3/c1-18(2)25-14-27(15-26(32-25)19(3)4,21-6-8-22(28)9-7-21)11-12-29-16-20-5-10-23-24(13-20)31-17-30-23/h5-10,13,18-19,25-26,29H,11-12,14-17H2,1-4H3. The largest absolute Gasteiger partial charge is 0.454 e. The first-order chi connectivity index (χ1) is 15.4. The van der Waals surface area contributed by atoms with Crippen molar-refractivity contribution in [2.45, 2.75) is 71.1 Å². The number of halogens is 1. The highest BCUT2D eigenvalue weighted by atomic mass is 19.1. The fraction of sp³-hybridized carbons (Fsp3) is 0.556. The van der Waals surface area contributed by atoms with Crippen molar-refractivity contribution in [2.75, 3.05) is 13.3 Å². The number of rotatable bonds is 8. The van der Waals surface area contributed by atoms with Crippen LogP contribution in [0.25, 0.3) is 0 Å². The summed E-state index contributed by atoms with van der Waals surface area (Å²) in [5.41, 5.74) is 2.37. The lowest BCUT2D eigenvalue weighted by atomic mass is 9.66. The molecule has 2 aromatic carbocycles. The molecule has 0 bridgehead atoms.